The highest BCUT2D eigenvalue weighted by molar-refractivity contribution is 6.28. The molecule has 3 rings (SSSR count). The Kier molecular flexibility index (Phi) is 10.1. The number of nitrogen functional groups attached to an aromatic ring is 1. The zero-order valence-corrected chi connectivity index (χ0v) is 20.8. The molecule has 2 aromatic heterocycles. The van der Waals surface area contributed by atoms with Gasteiger partial charge in [0.25, 0.3) is 0 Å². The van der Waals surface area contributed by atoms with Gasteiger partial charge in [0.15, 0.2) is 0 Å². The Balaban J connectivity index is 0.00000199. The summed E-state index contributed by atoms with van der Waals surface area (Å²) in [5.41, 5.74) is 4.01. The Morgan fingerprint density at radius 1 is 1.17 bits per heavy atom. The highest BCUT2D eigenvalue weighted by Gasteiger charge is 2.35. The molecule has 1 saturated heterocycles. The molecule has 1 amide bonds. The molecule has 0 saturated carbocycles. The number of rotatable bonds is 2. The first-order chi connectivity index (χ1) is 15.7. The molecule has 2 aromatic rings. The van der Waals surface area contributed by atoms with E-state index in [4.69, 9.17) is 22.1 Å². The number of amides is 1. The van der Waals surface area contributed by atoms with Gasteiger partial charge in [-0.15, -0.1) is 0 Å². The monoisotopic (exact) mass is 518 g/mol. The number of pyridine rings is 1. The second-order valence-corrected chi connectivity index (χ2v) is 8.84. The average molecular weight is 519 g/mol. The lowest BCUT2D eigenvalue weighted by Crippen LogP contribution is -2.55. The summed E-state index contributed by atoms with van der Waals surface area (Å²) >= 11 is 6.07. The summed E-state index contributed by atoms with van der Waals surface area (Å²) in [6.07, 6.45) is -3.85. The van der Waals surface area contributed by atoms with Crippen LogP contribution in [0.3, 0.4) is 0 Å². The first-order valence-corrected chi connectivity index (χ1v) is 11.2. The van der Waals surface area contributed by atoms with Crippen LogP contribution in [-0.2, 0) is 10.9 Å². The molecule has 8 nitrogen and oxygen atoms in total. The predicted molar refractivity (Wildman–Crippen MR) is 132 cm³/mol. The van der Waals surface area contributed by atoms with Gasteiger partial charge in [-0.05, 0) is 45.4 Å². The molecule has 1 atom stereocenters. The molecule has 196 valence electrons. The van der Waals surface area contributed by atoms with Gasteiger partial charge in [0.05, 0.1) is 11.3 Å². The van der Waals surface area contributed by atoms with Crippen molar-refractivity contribution in [2.75, 3.05) is 30.3 Å². The molecule has 1 fully saturated rings. The number of carbonyl (C=O) groups excluding carboxylic acids is 1. The molecular weight excluding hydrogens is 485 g/mol. The molecule has 0 aliphatic carbocycles. The standard InChI is InChI=1S/C20H24ClF3N6O2.C2H6.CH4/c1-11-10-29(5-6-30(11)18(31)32-19(2,3)4)15-8-14(27-17(21)28-15)12-7-13(20(22,23)24)16(25)26-9-12;1-2;/h7-9,11H,5-6,10H2,1-4H3,(H2,25,26);1-2H3;1H4/t11-;;/m0../s1. The maximum absolute atomic E-state index is 13.2. The molecule has 0 radical (unpaired) electrons. The van der Waals surface area contributed by atoms with Crippen molar-refractivity contribution in [3.05, 3.63) is 29.2 Å². The molecule has 0 bridgehead atoms. The van der Waals surface area contributed by atoms with E-state index in [1.807, 2.05) is 25.7 Å². The van der Waals surface area contributed by atoms with Gasteiger partial charge >= 0.3 is 12.3 Å². The summed E-state index contributed by atoms with van der Waals surface area (Å²) in [5.74, 6) is -0.185. The summed E-state index contributed by atoms with van der Waals surface area (Å²) in [4.78, 5) is 27.9. The normalized spacial score (nSPS) is 16.1. The molecule has 0 unspecified atom stereocenters. The van der Waals surface area contributed by atoms with E-state index in [9.17, 15) is 18.0 Å². The minimum absolute atomic E-state index is 0. The van der Waals surface area contributed by atoms with E-state index < -0.39 is 29.3 Å². The van der Waals surface area contributed by atoms with E-state index in [1.165, 1.54) is 12.3 Å². The lowest BCUT2D eigenvalue weighted by molar-refractivity contribution is -0.137. The van der Waals surface area contributed by atoms with Gasteiger partial charge in [0.2, 0.25) is 5.28 Å². The van der Waals surface area contributed by atoms with Gasteiger partial charge in [-0.1, -0.05) is 21.3 Å². The van der Waals surface area contributed by atoms with Crippen LogP contribution in [0.5, 0.6) is 0 Å². The first-order valence-electron chi connectivity index (χ1n) is 10.9. The van der Waals surface area contributed by atoms with Crippen LogP contribution in [-0.4, -0.2) is 57.2 Å². The Bertz CT molecular complexity index is 1010. The smallest absolute Gasteiger partial charge is 0.419 e. The summed E-state index contributed by atoms with van der Waals surface area (Å²) < 4.78 is 45.1. The average Bonchev–Trinajstić information content (AvgIpc) is 2.72. The maximum atomic E-state index is 13.2. The predicted octanol–water partition coefficient (Wildman–Crippen LogP) is 5.90. The van der Waals surface area contributed by atoms with Crippen LogP contribution in [0.15, 0.2) is 18.3 Å². The molecule has 1 aliphatic heterocycles. The molecule has 3 heterocycles. The van der Waals surface area contributed by atoms with Crippen molar-refractivity contribution in [1.29, 1.82) is 0 Å². The Labute approximate surface area is 209 Å². The quantitative estimate of drug-likeness (QED) is 0.494. The van der Waals surface area contributed by atoms with Crippen molar-refractivity contribution in [1.82, 2.24) is 19.9 Å². The fraction of sp³-hybridized carbons (Fsp3) is 0.565. The SMILES string of the molecule is C.CC.C[C@H]1CN(c2cc(-c3cnc(N)c(C(F)(F)F)c3)nc(Cl)n2)CCN1C(=O)OC(C)(C)C. The topological polar surface area (TPSA) is 97.5 Å². The van der Waals surface area contributed by atoms with Crippen LogP contribution in [0, 0.1) is 0 Å². The molecule has 0 spiro atoms. The Hall–Kier alpha value is -2.82. The van der Waals surface area contributed by atoms with Crippen LogP contribution >= 0.6 is 11.6 Å². The molecule has 12 heteroatoms. The highest BCUT2D eigenvalue weighted by atomic mass is 35.5. The van der Waals surface area contributed by atoms with Gasteiger partial charge < -0.3 is 20.3 Å². The number of hydrogen-bond donors (Lipinski definition) is 1. The van der Waals surface area contributed by atoms with Gasteiger partial charge in [-0.3, -0.25) is 0 Å². The Morgan fingerprint density at radius 2 is 1.80 bits per heavy atom. The molecule has 2 N–H and O–H groups in total. The fourth-order valence-corrected chi connectivity index (χ4v) is 3.49. The number of hydrogen-bond acceptors (Lipinski definition) is 7. The van der Waals surface area contributed by atoms with E-state index in [2.05, 4.69) is 15.0 Å². The Morgan fingerprint density at radius 3 is 2.34 bits per heavy atom. The summed E-state index contributed by atoms with van der Waals surface area (Å²) in [6, 6.07) is 2.23. The zero-order valence-electron chi connectivity index (χ0n) is 20.1. The number of halogens is 4. The molecular formula is C23H34ClF3N6O2. The van der Waals surface area contributed by atoms with Gasteiger partial charge in [-0.25, -0.2) is 19.7 Å². The number of anilines is 2. The number of nitrogens with zero attached hydrogens (tertiary/aromatic N) is 5. The molecule has 1 aliphatic rings. The third-order valence-electron chi connectivity index (χ3n) is 4.78. The number of ether oxygens (including phenoxy) is 1. The molecule has 35 heavy (non-hydrogen) atoms. The lowest BCUT2D eigenvalue weighted by atomic mass is 10.1. The number of alkyl halides is 3. The van der Waals surface area contributed by atoms with Crippen molar-refractivity contribution in [3.8, 4) is 11.3 Å². The first kappa shape index (κ1) is 30.2. The van der Waals surface area contributed by atoms with Crippen molar-refractivity contribution >= 4 is 29.3 Å². The van der Waals surface area contributed by atoms with Crippen molar-refractivity contribution in [2.45, 2.75) is 66.8 Å². The van der Waals surface area contributed by atoms with E-state index >= 15 is 0 Å². The number of nitrogens with two attached hydrogens (primary N) is 1. The lowest BCUT2D eigenvalue weighted by Gasteiger charge is -2.40. The van der Waals surface area contributed by atoms with E-state index in [-0.39, 0.29) is 30.0 Å². The fourth-order valence-electron chi connectivity index (χ4n) is 3.32. The largest absolute Gasteiger partial charge is 0.444 e. The van der Waals surface area contributed by atoms with Gasteiger partial charge in [0, 0.05) is 43.5 Å². The number of piperazine rings is 1. The van der Waals surface area contributed by atoms with E-state index in [0.717, 1.165) is 6.07 Å². The summed E-state index contributed by atoms with van der Waals surface area (Å²) in [5, 5.41) is -0.120. The second kappa shape index (κ2) is 11.7. The number of aromatic nitrogens is 3. The van der Waals surface area contributed by atoms with E-state index in [1.54, 1.807) is 25.7 Å². The summed E-state index contributed by atoms with van der Waals surface area (Å²) in [6.45, 7) is 12.5. The van der Waals surface area contributed by atoms with Crippen LogP contribution in [0.4, 0.5) is 29.6 Å². The van der Waals surface area contributed by atoms with Crippen molar-refractivity contribution in [3.63, 3.8) is 0 Å². The minimum Gasteiger partial charge on any atom is -0.444 e. The minimum atomic E-state index is -4.65. The zero-order chi connectivity index (χ0) is 25.8. The van der Waals surface area contributed by atoms with Gasteiger partial charge in [-0.2, -0.15) is 13.2 Å². The van der Waals surface area contributed by atoms with Crippen LogP contribution in [0.25, 0.3) is 11.3 Å². The summed E-state index contributed by atoms with van der Waals surface area (Å²) in [7, 11) is 0. The number of carbonyl (C=O) groups is 1. The third-order valence-corrected chi connectivity index (χ3v) is 4.95. The van der Waals surface area contributed by atoms with Crippen molar-refractivity contribution in [2.24, 2.45) is 0 Å². The maximum Gasteiger partial charge on any atom is 0.419 e. The van der Waals surface area contributed by atoms with Gasteiger partial charge in [0.1, 0.15) is 17.2 Å². The van der Waals surface area contributed by atoms with Crippen LogP contribution in [0.2, 0.25) is 5.28 Å². The third kappa shape index (κ3) is 7.84. The van der Waals surface area contributed by atoms with E-state index in [0.29, 0.717) is 25.5 Å². The molecule has 0 aromatic carbocycles. The van der Waals surface area contributed by atoms with Crippen molar-refractivity contribution < 1.29 is 22.7 Å². The van der Waals surface area contributed by atoms with Crippen LogP contribution in [0.1, 0.15) is 54.5 Å². The second-order valence-electron chi connectivity index (χ2n) is 8.50. The van der Waals surface area contributed by atoms with Crippen LogP contribution < -0.4 is 10.6 Å². The highest BCUT2D eigenvalue weighted by Crippen LogP contribution is 2.35.